The molecule has 0 aromatic heterocycles. The van der Waals surface area contributed by atoms with Crippen LogP contribution in [0.25, 0.3) is 0 Å². The molecule has 5 nitrogen and oxygen atoms in total. The van der Waals surface area contributed by atoms with E-state index in [-0.39, 0.29) is 12.4 Å². The summed E-state index contributed by atoms with van der Waals surface area (Å²) in [5.41, 5.74) is 0. The minimum atomic E-state index is -0.708. The number of nitrogens with zero attached hydrogens (tertiary/aromatic N) is 1. The van der Waals surface area contributed by atoms with Crippen molar-refractivity contribution in [3.63, 3.8) is 0 Å². The van der Waals surface area contributed by atoms with E-state index in [2.05, 4.69) is 22.5 Å². The Morgan fingerprint density at radius 2 is 1.83 bits per heavy atom. The molecule has 1 aromatic carbocycles. The highest BCUT2D eigenvalue weighted by atomic mass is 19.1. The maximum atomic E-state index is 13.4. The van der Waals surface area contributed by atoms with Crippen molar-refractivity contribution in [2.45, 2.75) is 26.2 Å². The minimum Gasteiger partial charge on any atom is -0.489 e. The van der Waals surface area contributed by atoms with Gasteiger partial charge in [0.2, 0.25) is 0 Å². The topological polar surface area (TPSA) is 54.9 Å². The van der Waals surface area contributed by atoms with Crippen LogP contribution in [0.2, 0.25) is 0 Å². The van der Waals surface area contributed by atoms with Gasteiger partial charge in [0.25, 0.3) is 0 Å². The number of nitrogens with one attached hydrogen (secondary N) is 2. The summed E-state index contributed by atoms with van der Waals surface area (Å²) in [7, 11) is 1.67. The fourth-order valence-corrected chi connectivity index (χ4v) is 1.87. The first kappa shape index (κ1) is 20.2. The van der Waals surface area contributed by atoms with Gasteiger partial charge in [-0.25, -0.2) is 8.78 Å². The van der Waals surface area contributed by atoms with Crippen molar-refractivity contribution in [1.29, 1.82) is 0 Å². The normalized spacial score (nSPS) is 11.4. The van der Waals surface area contributed by atoms with E-state index in [4.69, 9.17) is 9.47 Å². The summed E-state index contributed by atoms with van der Waals surface area (Å²) in [6, 6.07) is 3.23. The van der Waals surface area contributed by atoms with Crippen molar-refractivity contribution in [1.82, 2.24) is 10.6 Å². The van der Waals surface area contributed by atoms with Crippen molar-refractivity contribution >= 4 is 5.96 Å². The number of guanidine groups is 1. The molecule has 0 aliphatic carbocycles. The van der Waals surface area contributed by atoms with E-state index >= 15 is 0 Å². The van der Waals surface area contributed by atoms with Crippen LogP contribution in [0.4, 0.5) is 8.78 Å². The standard InChI is InChI=1S/C17H27F2N3O2/c1-3-4-10-23-11-5-8-21-17(20-2)22-9-12-24-16-7-6-14(18)13-15(16)19/h6-7,13H,3-5,8-12H2,1-2H3,(H2,20,21,22). The Hall–Kier alpha value is -1.89. The highest BCUT2D eigenvalue weighted by Gasteiger charge is 2.04. The lowest BCUT2D eigenvalue weighted by molar-refractivity contribution is 0.129. The van der Waals surface area contributed by atoms with Crippen LogP contribution < -0.4 is 15.4 Å². The Morgan fingerprint density at radius 3 is 2.54 bits per heavy atom. The summed E-state index contributed by atoms with van der Waals surface area (Å²) in [5.74, 6) is -0.654. The van der Waals surface area contributed by atoms with Crippen LogP contribution in [0.15, 0.2) is 23.2 Å². The average Bonchev–Trinajstić information content (AvgIpc) is 2.57. The molecule has 0 spiro atoms. The second-order valence-corrected chi connectivity index (χ2v) is 5.17. The fourth-order valence-electron chi connectivity index (χ4n) is 1.87. The molecule has 1 aromatic rings. The zero-order valence-corrected chi connectivity index (χ0v) is 14.4. The summed E-state index contributed by atoms with van der Waals surface area (Å²) in [6.45, 7) is 5.10. The molecule has 0 heterocycles. The van der Waals surface area contributed by atoms with E-state index in [1.165, 1.54) is 6.07 Å². The Balaban J connectivity index is 2.11. The van der Waals surface area contributed by atoms with Crippen molar-refractivity contribution in [3.8, 4) is 5.75 Å². The second kappa shape index (κ2) is 12.5. The van der Waals surface area contributed by atoms with E-state index in [1.54, 1.807) is 7.05 Å². The SMILES string of the molecule is CCCCOCCCNC(=NC)NCCOc1ccc(F)cc1F. The van der Waals surface area contributed by atoms with Gasteiger partial charge < -0.3 is 20.1 Å². The summed E-state index contributed by atoms with van der Waals surface area (Å²) in [4.78, 5) is 4.08. The quantitative estimate of drug-likeness (QED) is 0.368. The van der Waals surface area contributed by atoms with E-state index in [0.29, 0.717) is 12.5 Å². The number of unbranched alkanes of at least 4 members (excludes halogenated alkanes) is 1. The number of hydrogen-bond donors (Lipinski definition) is 2. The third-order valence-corrected chi connectivity index (χ3v) is 3.17. The lowest BCUT2D eigenvalue weighted by Gasteiger charge is -2.13. The van der Waals surface area contributed by atoms with E-state index < -0.39 is 11.6 Å². The van der Waals surface area contributed by atoms with E-state index in [9.17, 15) is 8.78 Å². The molecule has 7 heteroatoms. The molecule has 24 heavy (non-hydrogen) atoms. The molecule has 0 unspecified atom stereocenters. The number of rotatable bonds is 11. The number of hydrogen-bond acceptors (Lipinski definition) is 3. The highest BCUT2D eigenvalue weighted by molar-refractivity contribution is 5.79. The average molecular weight is 343 g/mol. The Morgan fingerprint density at radius 1 is 1.08 bits per heavy atom. The zero-order valence-electron chi connectivity index (χ0n) is 14.4. The number of benzene rings is 1. The van der Waals surface area contributed by atoms with Crippen LogP contribution in [-0.4, -0.2) is 45.9 Å². The molecule has 2 N–H and O–H groups in total. The van der Waals surface area contributed by atoms with Gasteiger partial charge in [0, 0.05) is 32.9 Å². The predicted molar refractivity (Wildman–Crippen MR) is 91.6 cm³/mol. The maximum Gasteiger partial charge on any atom is 0.191 e. The number of halogens is 2. The molecule has 0 atom stereocenters. The Labute approximate surface area is 142 Å². The zero-order chi connectivity index (χ0) is 17.6. The van der Waals surface area contributed by atoms with E-state index in [0.717, 1.165) is 51.2 Å². The fraction of sp³-hybridized carbons (Fsp3) is 0.588. The number of aliphatic imine (C=N–C) groups is 1. The molecule has 0 aliphatic heterocycles. The first-order valence-electron chi connectivity index (χ1n) is 8.27. The van der Waals surface area contributed by atoms with Crippen LogP contribution in [-0.2, 0) is 4.74 Å². The monoisotopic (exact) mass is 343 g/mol. The van der Waals surface area contributed by atoms with Gasteiger partial charge in [0.15, 0.2) is 17.5 Å². The van der Waals surface area contributed by atoms with Crippen molar-refractivity contribution in [2.24, 2.45) is 4.99 Å². The van der Waals surface area contributed by atoms with E-state index in [1.807, 2.05) is 0 Å². The van der Waals surface area contributed by atoms with Crippen LogP contribution in [0.1, 0.15) is 26.2 Å². The van der Waals surface area contributed by atoms with Gasteiger partial charge in [-0.05, 0) is 25.0 Å². The van der Waals surface area contributed by atoms with Crippen molar-refractivity contribution in [2.75, 3.05) is 40.0 Å². The predicted octanol–water partition coefficient (Wildman–Crippen LogP) is 2.72. The highest BCUT2D eigenvalue weighted by Crippen LogP contribution is 2.17. The largest absolute Gasteiger partial charge is 0.489 e. The van der Waals surface area contributed by atoms with Crippen molar-refractivity contribution in [3.05, 3.63) is 29.8 Å². The molecular formula is C17H27F2N3O2. The summed E-state index contributed by atoms with van der Waals surface area (Å²) >= 11 is 0. The molecule has 1 rings (SSSR count). The summed E-state index contributed by atoms with van der Waals surface area (Å²) in [6.07, 6.45) is 3.12. The molecular weight excluding hydrogens is 316 g/mol. The molecule has 0 aliphatic rings. The lowest BCUT2D eigenvalue weighted by atomic mass is 10.3. The van der Waals surface area contributed by atoms with Gasteiger partial charge in [-0.3, -0.25) is 4.99 Å². The molecule has 0 radical (unpaired) electrons. The third kappa shape index (κ3) is 8.67. The molecule has 0 bridgehead atoms. The molecule has 0 saturated heterocycles. The smallest absolute Gasteiger partial charge is 0.191 e. The van der Waals surface area contributed by atoms with Gasteiger partial charge in [-0.15, -0.1) is 0 Å². The summed E-state index contributed by atoms with van der Waals surface area (Å²) in [5, 5.41) is 6.22. The first-order chi connectivity index (χ1) is 11.7. The van der Waals surface area contributed by atoms with Crippen LogP contribution in [0, 0.1) is 11.6 Å². The van der Waals surface area contributed by atoms with Gasteiger partial charge in [0.05, 0.1) is 6.54 Å². The van der Waals surface area contributed by atoms with Gasteiger partial charge in [-0.2, -0.15) is 0 Å². The maximum absolute atomic E-state index is 13.4. The lowest BCUT2D eigenvalue weighted by Crippen LogP contribution is -2.39. The van der Waals surface area contributed by atoms with Crippen LogP contribution in [0.5, 0.6) is 5.75 Å². The molecule has 0 amide bonds. The van der Waals surface area contributed by atoms with Crippen molar-refractivity contribution < 1.29 is 18.3 Å². The Kier molecular flexibility index (Phi) is 10.5. The minimum absolute atomic E-state index is 0.0328. The first-order valence-corrected chi connectivity index (χ1v) is 8.27. The molecule has 0 fully saturated rings. The van der Waals surface area contributed by atoms with Gasteiger partial charge >= 0.3 is 0 Å². The van der Waals surface area contributed by atoms with Gasteiger partial charge in [-0.1, -0.05) is 13.3 Å². The van der Waals surface area contributed by atoms with Crippen LogP contribution in [0.3, 0.4) is 0 Å². The third-order valence-electron chi connectivity index (χ3n) is 3.17. The summed E-state index contributed by atoms with van der Waals surface area (Å²) < 4.78 is 36.9. The van der Waals surface area contributed by atoms with Gasteiger partial charge in [0.1, 0.15) is 12.4 Å². The van der Waals surface area contributed by atoms with Crippen LogP contribution >= 0.6 is 0 Å². The molecule has 136 valence electrons. The second-order valence-electron chi connectivity index (χ2n) is 5.17. The Bertz CT molecular complexity index is 499. The number of ether oxygens (including phenoxy) is 2. The molecule has 0 saturated carbocycles.